The Labute approximate surface area is 123 Å². The average molecular weight is 285 g/mol. The van der Waals surface area contributed by atoms with E-state index in [0.717, 1.165) is 11.1 Å². The average Bonchev–Trinajstić information content (AvgIpc) is 2.76. The lowest BCUT2D eigenvalue weighted by molar-refractivity contribution is -0.0562. The third kappa shape index (κ3) is 2.89. The normalized spacial score (nSPS) is 21.4. The maximum atomic E-state index is 14.8. The second-order valence-corrected chi connectivity index (χ2v) is 5.34. The fourth-order valence-corrected chi connectivity index (χ4v) is 2.46. The van der Waals surface area contributed by atoms with Crippen molar-refractivity contribution in [3.8, 4) is 0 Å². The van der Waals surface area contributed by atoms with Gasteiger partial charge in [-0.1, -0.05) is 48.0 Å². The van der Waals surface area contributed by atoms with Crippen LogP contribution in [0.3, 0.4) is 0 Å². The van der Waals surface area contributed by atoms with Gasteiger partial charge >= 0.3 is 6.09 Å². The van der Waals surface area contributed by atoms with Crippen molar-refractivity contribution in [1.29, 1.82) is 0 Å². The molecule has 0 bridgehead atoms. The van der Waals surface area contributed by atoms with Crippen LogP contribution >= 0.6 is 0 Å². The van der Waals surface area contributed by atoms with Crippen LogP contribution in [0.25, 0.3) is 0 Å². The molecule has 0 N–H and O–H groups in total. The Balaban J connectivity index is 1.79. The number of cyclic esters (lactones) is 1. The highest BCUT2D eigenvalue weighted by Gasteiger charge is 2.46. The molecule has 1 amide bonds. The fourth-order valence-electron chi connectivity index (χ4n) is 2.46. The predicted molar refractivity (Wildman–Crippen MR) is 79.0 cm³/mol. The van der Waals surface area contributed by atoms with Gasteiger partial charge in [0.05, 0.1) is 6.54 Å². The van der Waals surface area contributed by atoms with Crippen molar-refractivity contribution in [2.45, 2.75) is 19.2 Å². The lowest BCUT2D eigenvalue weighted by atomic mass is 10.1. The Bertz CT molecular complexity index is 642. The van der Waals surface area contributed by atoms with Crippen LogP contribution in [0.15, 0.2) is 54.6 Å². The molecule has 2 aromatic rings. The molecule has 1 aliphatic rings. The van der Waals surface area contributed by atoms with E-state index >= 15 is 0 Å². The van der Waals surface area contributed by atoms with Gasteiger partial charge < -0.3 is 4.74 Å². The van der Waals surface area contributed by atoms with Crippen LogP contribution < -0.4 is 4.90 Å². The number of carbonyl (C=O) groups is 1. The van der Waals surface area contributed by atoms with Crippen molar-refractivity contribution >= 4 is 11.8 Å². The number of rotatable bonds is 3. The van der Waals surface area contributed by atoms with Gasteiger partial charge in [0.25, 0.3) is 5.85 Å². The van der Waals surface area contributed by atoms with E-state index in [1.807, 2.05) is 49.4 Å². The molecular formula is C17H16FNO2. The second-order valence-electron chi connectivity index (χ2n) is 5.34. The van der Waals surface area contributed by atoms with E-state index in [1.54, 1.807) is 12.1 Å². The molecule has 1 aliphatic heterocycles. The van der Waals surface area contributed by atoms with Crippen molar-refractivity contribution in [2.75, 3.05) is 11.4 Å². The van der Waals surface area contributed by atoms with E-state index < -0.39 is 11.9 Å². The number of hydrogen-bond acceptors (Lipinski definition) is 2. The largest absolute Gasteiger partial charge is 0.417 e. The van der Waals surface area contributed by atoms with Gasteiger partial charge in [-0.2, -0.15) is 4.39 Å². The number of alkyl halides is 1. The Morgan fingerprint density at radius 1 is 1.14 bits per heavy atom. The predicted octanol–water partition coefficient (Wildman–Crippen LogP) is 3.86. The molecular weight excluding hydrogens is 269 g/mol. The number of nitrogens with zero attached hydrogens (tertiary/aromatic N) is 1. The van der Waals surface area contributed by atoms with Gasteiger partial charge in [0.2, 0.25) is 0 Å². The molecule has 1 unspecified atom stereocenters. The van der Waals surface area contributed by atoms with Crippen molar-refractivity contribution in [2.24, 2.45) is 0 Å². The third-order valence-corrected chi connectivity index (χ3v) is 3.54. The fraction of sp³-hybridized carbons (Fsp3) is 0.235. The first-order valence-electron chi connectivity index (χ1n) is 6.86. The quantitative estimate of drug-likeness (QED) is 0.857. The number of ether oxygens (including phenoxy) is 1. The van der Waals surface area contributed by atoms with Crippen molar-refractivity contribution in [1.82, 2.24) is 0 Å². The number of halogens is 1. The van der Waals surface area contributed by atoms with Gasteiger partial charge in [0, 0.05) is 12.1 Å². The number of anilines is 1. The molecule has 4 heteroatoms. The standard InChI is InChI=1S/C17H16FNO2/c1-13-7-9-15(10-8-13)19-12-17(18,21-16(19)20)11-14-5-3-2-4-6-14/h2-10H,11-12H2,1H3. The number of hydrogen-bond donors (Lipinski definition) is 0. The Kier molecular flexibility index (Phi) is 3.37. The third-order valence-electron chi connectivity index (χ3n) is 3.54. The highest BCUT2D eigenvalue weighted by Crippen LogP contribution is 2.32. The molecule has 1 atom stereocenters. The lowest BCUT2D eigenvalue weighted by Gasteiger charge is -2.17. The Morgan fingerprint density at radius 2 is 1.81 bits per heavy atom. The summed E-state index contributed by atoms with van der Waals surface area (Å²) in [6.07, 6.45) is -0.584. The zero-order chi connectivity index (χ0) is 14.9. The van der Waals surface area contributed by atoms with Gasteiger partial charge in [-0.05, 0) is 24.6 Å². The number of aryl methyl sites for hydroxylation is 1. The van der Waals surface area contributed by atoms with Crippen LogP contribution in [0.1, 0.15) is 11.1 Å². The molecule has 0 spiro atoms. The van der Waals surface area contributed by atoms with E-state index in [4.69, 9.17) is 4.74 Å². The van der Waals surface area contributed by atoms with Gasteiger partial charge in [-0.15, -0.1) is 0 Å². The molecule has 0 aromatic heterocycles. The minimum Gasteiger partial charge on any atom is -0.410 e. The summed E-state index contributed by atoms with van der Waals surface area (Å²) in [5.74, 6) is -1.98. The number of carbonyl (C=O) groups excluding carboxylic acids is 1. The molecule has 108 valence electrons. The van der Waals surface area contributed by atoms with Gasteiger partial charge in [-0.3, -0.25) is 4.90 Å². The van der Waals surface area contributed by atoms with E-state index in [1.165, 1.54) is 4.90 Å². The first kappa shape index (κ1) is 13.6. The van der Waals surface area contributed by atoms with E-state index in [9.17, 15) is 9.18 Å². The number of benzene rings is 2. The molecule has 3 rings (SSSR count). The molecule has 1 heterocycles. The minimum atomic E-state index is -1.98. The van der Waals surface area contributed by atoms with Crippen molar-refractivity contribution in [3.05, 3.63) is 65.7 Å². The minimum absolute atomic E-state index is 0.0575. The zero-order valence-corrected chi connectivity index (χ0v) is 11.8. The van der Waals surface area contributed by atoms with Crippen LogP contribution in [0.4, 0.5) is 14.9 Å². The Morgan fingerprint density at radius 3 is 2.48 bits per heavy atom. The summed E-state index contributed by atoms with van der Waals surface area (Å²) in [7, 11) is 0. The number of amides is 1. The van der Waals surface area contributed by atoms with E-state index in [2.05, 4.69) is 0 Å². The SMILES string of the molecule is Cc1ccc(N2CC(F)(Cc3ccccc3)OC2=O)cc1. The first-order chi connectivity index (χ1) is 10.1. The molecule has 2 aromatic carbocycles. The highest BCUT2D eigenvalue weighted by atomic mass is 19.2. The van der Waals surface area contributed by atoms with Crippen LogP contribution in [-0.4, -0.2) is 18.5 Å². The summed E-state index contributed by atoms with van der Waals surface area (Å²) < 4.78 is 19.7. The highest BCUT2D eigenvalue weighted by molar-refractivity contribution is 5.90. The van der Waals surface area contributed by atoms with Crippen LogP contribution in [0.5, 0.6) is 0 Å². The van der Waals surface area contributed by atoms with Crippen molar-refractivity contribution < 1.29 is 13.9 Å². The Hall–Kier alpha value is -2.36. The first-order valence-corrected chi connectivity index (χ1v) is 6.86. The van der Waals surface area contributed by atoms with E-state index in [0.29, 0.717) is 5.69 Å². The molecule has 0 radical (unpaired) electrons. The van der Waals surface area contributed by atoms with Crippen LogP contribution in [0, 0.1) is 6.92 Å². The van der Waals surface area contributed by atoms with Gasteiger partial charge in [-0.25, -0.2) is 4.79 Å². The monoisotopic (exact) mass is 285 g/mol. The molecule has 1 saturated heterocycles. The van der Waals surface area contributed by atoms with Gasteiger partial charge in [0.15, 0.2) is 0 Å². The van der Waals surface area contributed by atoms with Crippen molar-refractivity contribution in [3.63, 3.8) is 0 Å². The molecule has 3 nitrogen and oxygen atoms in total. The van der Waals surface area contributed by atoms with Gasteiger partial charge in [0.1, 0.15) is 0 Å². The topological polar surface area (TPSA) is 29.5 Å². The van der Waals surface area contributed by atoms with Crippen LogP contribution in [-0.2, 0) is 11.2 Å². The maximum absolute atomic E-state index is 14.8. The van der Waals surface area contributed by atoms with Crippen LogP contribution in [0.2, 0.25) is 0 Å². The smallest absolute Gasteiger partial charge is 0.410 e. The molecule has 1 fully saturated rings. The lowest BCUT2D eigenvalue weighted by Crippen LogP contribution is -2.32. The van der Waals surface area contributed by atoms with E-state index in [-0.39, 0.29) is 13.0 Å². The summed E-state index contributed by atoms with van der Waals surface area (Å²) in [6, 6.07) is 16.6. The summed E-state index contributed by atoms with van der Waals surface area (Å²) >= 11 is 0. The zero-order valence-electron chi connectivity index (χ0n) is 11.8. The molecule has 21 heavy (non-hydrogen) atoms. The molecule has 0 saturated carbocycles. The summed E-state index contributed by atoms with van der Waals surface area (Å²) in [6.45, 7) is 1.87. The summed E-state index contributed by atoms with van der Waals surface area (Å²) in [5.41, 5.74) is 2.54. The summed E-state index contributed by atoms with van der Waals surface area (Å²) in [5, 5.41) is 0. The summed E-state index contributed by atoms with van der Waals surface area (Å²) in [4.78, 5) is 13.3. The maximum Gasteiger partial charge on any atom is 0.417 e. The second kappa shape index (κ2) is 5.20. The molecule has 0 aliphatic carbocycles.